The van der Waals surface area contributed by atoms with Crippen LogP contribution in [0.25, 0.3) is 22.3 Å². The lowest BCUT2D eigenvalue weighted by Crippen LogP contribution is -2.61. The number of methoxy groups -OCH3 is 1. The van der Waals surface area contributed by atoms with Crippen molar-refractivity contribution in [3.63, 3.8) is 0 Å². The van der Waals surface area contributed by atoms with Gasteiger partial charge in [-0.05, 0) is 25.1 Å². The van der Waals surface area contributed by atoms with E-state index in [9.17, 15) is 50.8 Å². The van der Waals surface area contributed by atoms with Gasteiger partial charge in [0, 0.05) is 17.7 Å². The SMILES string of the molecule is COc1cc(-c2oc3cc(O)cc(O)c3c(=O)c2O[C@@H]2O[C@@H](CO[C@@H]3O[C@@H](C)[C@H](O)[C@@H](O)[C@H]3O)[C@H](O)[C@@H](O)[C@@H]2O)ccc1O. The van der Waals surface area contributed by atoms with Crippen LogP contribution in [0.15, 0.2) is 39.5 Å². The first-order valence-corrected chi connectivity index (χ1v) is 13.4. The third-order valence-electron chi connectivity index (χ3n) is 7.50. The van der Waals surface area contributed by atoms with Gasteiger partial charge in [-0.3, -0.25) is 4.79 Å². The van der Waals surface area contributed by atoms with Crippen molar-refractivity contribution < 1.29 is 74.1 Å². The van der Waals surface area contributed by atoms with Crippen molar-refractivity contribution >= 4 is 11.0 Å². The van der Waals surface area contributed by atoms with Crippen molar-refractivity contribution in [1.29, 1.82) is 0 Å². The molecule has 2 aliphatic rings. The van der Waals surface area contributed by atoms with E-state index in [-0.39, 0.29) is 28.4 Å². The van der Waals surface area contributed by atoms with E-state index in [1.165, 1.54) is 32.2 Å². The summed E-state index contributed by atoms with van der Waals surface area (Å²) in [5.41, 5.74) is -1.11. The molecule has 0 amide bonds. The van der Waals surface area contributed by atoms with E-state index in [2.05, 4.69) is 0 Å². The molecule has 16 nitrogen and oxygen atoms in total. The Morgan fingerprint density at radius 2 is 1.48 bits per heavy atom. The fourth-order valence-electron chi connectivity index (χ4n) is 4.99. The van der Waals surface area contributed by atoms with Gasteiger partial charge in [0.2, 0.25) is 17.5 Å². The van der Waals surface area contributed by atoms with E-state index >= 15 is 0 Å². The second-order valence-electron chi connectivity index (χ2n) is 10.5. The quantitative estimate of drug-likeness (QED) is 0.147. The van der Waals surface area contributed by atoms with Gasteiger partial charge in [0.05, 0.1) is 19.8 Å². The van der Waals surface area contributed by atoms with Crippen molar-refractivity contribution in [2.24, 2.45) is 0 Å². The molecular weight excluding hydrogens is 592 g/mol. The molecule has 240 valence electrons. The molecule has 2 saturated heterocycles. The molecule has 0 bridgehead atoms. The third kappa shape index (κ3) is 5.74. The molecule has 9 N–H and O–H groups in total. The molecule has 3 aromatic rings. The zero-order valence-corrected chi connectivity index (χ0v) is 23.3. The second kappa shape index (κ2) is 12.4. The summed E-state index contributed by atoms with van der Waals surface area (Å²) >= 11 is 0. The highest BCUT2D eigenvalue weighted by Gasteiger charge is 2.47. The number of aliphatic hydroxyl groups is 6. The van der Waals surface area contributed by atoms with Crippen LogP contribution in [0, 0.1) is 0 Å². The number of aliphatic hydroxyl groups excluding tert-OH is 6. The maximum Gasteiger partial charge on any atom is 0.239 e. The molecule has 16 heteroatoms. The van der Waals surface area contributed by atoms with Gasteiger partial charge < -0.3 is 74.1 Å². The maximum atomic E-state index is 13.7. The number of ether oxygens (including phenoxy) is 5. The van der Waals surface area contributed by atoms with Gasteiger partial charge >= 0.3 is 0 Å². The minimum atomic E-state index is -1.94. The van der Waals surface area contributed by atoms with Crippen molar-refractivity contribution in [2.45, 2.75) is 68.3 Å². The number of rotatable bonds is 7. The average Bonchev–Trinajstić information content (AvgIpc) is 2.98. The van der Waals surface area contributed by atoms with Crippen molar-refractivity contribution in [1.82, 2.24) is 0 Å². The van der Waals surface area contributed by atoms with Crippen LogP contribution in [0.1, 0.15) is 6.92 Å². The largest absolute Gasteiger partial charge is 0.508 e. The molecule has 2 fully saturated rings. The second-order valence-corrected chi connectivity index (χ2v) is 10.5. The van der Waals surface area contributed by atoms with Crippen LogP contribution in [0.5, 0.6) is 28.7 Å². The summed E-state index contributed by atoms with van der Waals surface area (Å²) in [4.78, 5) is 13.7. The lowest BCUT2D eigenvalue weighted by Gasteiger charge is -2.42. The van der Waals surface area contributed by atoms with Gasteiger partial charge in [0.1, 0.15) is 65.2 Å². The summed E-state index contributed by atoms with van der Waals surface area (Å²) < 4.78 is 33.2. The van der Waals surface area contributed by atoms with Crippen LogP contribution >= 0.6 is 0 Å². The van der Waals surface area contributed by atoms with Crippen LogP contribution in [0.2, 0.25) is 0 Å². The van der Waals surface area contributed by atoms with Crippen molar-refractivity contribution in [3.05, 3.63) is 40.6 Å². The van der Waals surface area contributed by atoms with E-state index in [4.69, 9.17) is 28.1 Å². The van der Waals surface area contributed by atoms with Crippen LogP contribution in [0.3, 0.4) is 0 Å². The zero-order chi connectivity index (χ0) is 32.0. The molecule has 1 aromatic heterocycles. The van der Waals surface area contributed by atoms with Gasteiger partial charge in [-0.2, -0.15) is 0 Å². The smallest absolute Gasteiger partial charge is 0.239 e. The van der Waals surface area contributed by atoms with Crippen molar-refractivity contribution in [2.75, 3.05) is 13.7 Å². The molecule has 0 aliphatic carbocycles. The van der Waals surface area contributed by atoms with Crippen LogP contribution < -0.4 is 14.9 Å². The average molecular weight is 625 g/mol. The molecule has 0 unspecified atom stereocenters. The lowest BCUT2D eigenvalue weighted by molar-refractivity contribution is -0.318. The summed E-state index contributed by atoms with van der Waals surface area (Å²) in [7, 11) is 1.28. The highest BCUT2D eigenvalue weighted by Crippen LogP contribution is 2.39. The minimum absolute atomic E-state index is 0.0151. The Bertz CT molecular complexity index is 1560. The normalized spacial score (nSPS) is 32.5. The van der Waals surface area contributed by atoms with E-state index in [0.717, 1.165) is 12.1 Å². The minimum Gasteiger partial charge on any atom is -0.508 e. The predicted octanol–water partition coefficient (Wildman–Crippen LogP) is -1.38. The van der Waals surface area contributed by atoms with Gasteiger partial charge in [0.15, 0.2) is 23.5 Å². The van der Waals surface area contributed by atoms with E-state index < -0.39 is 96.1 Å². The maximum absolute atomic E-state index is 13.7. The highest BCUT2D eigenvalue weighted by atomic mass is 16.7. The topological polar surface area (TPSA) is 258 Å². The monoisotopic (exact) mass is 624 g/mol. The Labute approximate surface area is 248 Å². The fraction of sp³-hybridized carbons (Fsp3) is 0.464. The number of fused-ring (bicyclic) bond motifs is 1. The Kier molecular flexibility index (Phi) is 8.90. The van der Waals surface area contributed by atoms with Gasteiger partial charge in [-0.1, -0.05) is 0 Å². The third-order valence-corrected chi connectivity index (χ3v) is 7.50. The first-order chi connectivity index (χ1) is 20.8. The first-order valence-electron chi connectivity index (χ1n) is 13.4. The Hall–Kier alpha value is -3.71. The first kappa shape index (κ1) is 31.7. The molecule has 2 aliphatic heterocycles. The summed E-state index contributed by atoms with van der Waals surface area (Å²) in [5, 5.41) is 92.1. The van der Waals surface area contributed by atoms with E-state index in [0.29, 0.717) is 0 Å². The van der Waals surface area contributed by atoms with Crippen LogP contribution in [-0.4, -0.2) is 121 Å². The number of phenolic OH excluding ortho intramolecular Hbond substituents is 3. The standard InChI is InChI=1S/C28H32O16/c1-9-18(32)21(35)23(37)27(41-9)40-8-16-19(33)22(36)24(38)28(43-16)44-26-20(34)17-13(31)6-11(29)7-15(17)42-25(26)10-3-4-12(30)14(5-10)39-2/h3-7,9,16,18-19,21-24,27-33,35-38H,8H2,1-2H3/t9-,16-,18-,19-,21+,22+,23+,24-,27+,28-/m0/s1. The summed E-state index contributed by atoms with van der Waals surface area (Å²) in [6, 6.07) is 5.83. The molecule has 5 rings (SSSR count). The molecule has 3 heterocycles. The molecule has 44 heavy (non-hydrogen) atoms. The molecule has 0 spiro atoms. The number of hydrogen-bond donors (Lipinski definition) is 9. The zero-order valence-electron chi connectivity index (χ0n) is 23.3. The molecule has 0 saturated carbocycles. The number of hydrogen-bond acceptors (Lipinski definition) is 16. The molecule has 10 atom stereocenters. The van der Waals surface area contributed by atoms with Crippen LogP contribution in [-0.2, 0) is 14.2 Å². The summed E-state index contributed by atoms with van der Waals surface area (Å²) in [6.45, 7) is 0.845. The van der Waals surface area contributed by atoms with E-state index in [1.54, 1.807) is 0 Å². The molecular formula is C28H32O16. The predicted molar refractivity (Wildman–Crippen MR) is 145 cm³/mol. The van der Waals surface area contributed by atoms with Gasteiger partial charge in [-0.25, -0.2) is 0 Å². The Balaban J connectivity index is 1.49. The van der Waals surface area contributed by atoms with Gasteiger partial charge in [0.25, 0.3) is 0 Å². The summed E-state index contributed by atoms with van der Waals surface area (Å²) in [6.07, 6.45) is -16.0. The van der Waals surface area contributed by atoms with Gasteiger partial charge in [-0.15, -0.1) is 0 Å². The Morgan fingerprint density at radius 1 is 0.795 bits per heavy atom. The summed E-state index contributed by atoms with van der Waals surface area (Å²) in [5.74, 6) is -2.28. The Morgan fingerprint density at radius 3 is 2.18 bits per heavy atom. The molecule has 0 radical (unpaired) electrons. The fourth-order valence-corrected chi connectivity index (χ4v) is 4.99. The van der Waals surface area contributed by atoms with Crippen molar-refractivity contribution in [3.8, 4) is 40.1 Å². The molecule has 2 aromatic carbocycles. The lowest BCUT2D eigenvalue weighted by atomic mass is 9.98. The number of aromatic hydroxyl groups is 3. The number of phenols is 3. The van der Waals surface area contributed by atoms with E-state index in [1.807, 2.05) is 0 Å². The number of benzene rings is 2. The van der Waals surface area contributed by atoms with Crippen LogP contribution in [0.4, 0.5) is 0 Å². The highest BCUT2D eigenvalue weighted by molar-refractivity contribution is 5.88.